The molecule has 1 atom stereocenters. The second-order valence-electron chi connectivity index (χ2n) is 8.62. The van der Waals surface area contributed by atoms with Gasteiger partial charge in [-0.1, -0.05) is 31.4 Å². The molecule has 1 aromatic heterocycles. The summed E-state index contributed by atoms with van der Waals surface area (Å²) in [4.78, 5) is 22.9. The van der Waals surface area contributed by atoms with Crippen LogP contribution in [0.4, 0.5) is 0 Å². The van der Waals surface area contributed by atoms with E-state index in [-0.39, 0.29) is 6.04 Å². The van der Waals surface area contributed by atoms with Gasteiger partial charge in [0.2, 0.25) is 0 Å². The number of likely N-dealkylation sites (N-methyl/N-ethyl adjacent to an activating group) is 1. The molecule has 1 aromatic carbocycles. The molecule has 2 aromatic rings. The minimum absolute atomic E-state index is 0.0796. The highest BCUT2D eigenvalue weighted by Gasteiger charge is 2.34. The maximum atomic E-state index is 13.0. The number of carbonyl (C=O) groups excluding carboxylic acids is 1. The van der Waals surface area contributed by atoms with Crippen LogP contribution < -0.4 is 9.80 Å². The Hall–Kier alpha value is -1.50. The predicted octanol–water partition coefficient (Wildman–Crippen LogP) is 0.759. The topological polar surface area (TPSA) is 42.1 Å². The van der Waals surface area contributed by atoms with Gasteiger partial charge in [-0.2, -0.15) is 0 Å². The normalized spacial score (nSPS) is 24.9. The molecular weight excluding hydrogens is 368 g/mol. The Kier molecular flexibility index (Phi) is 6.28. The van der Waals surface area contributed by atoms with Crippen molar-refractivity contribution in [2.45, 2.75) is 57.7 Å². The average molecular weight is 403 g/mol. The smallest absolute Gasteiger partial charge is 0.280 e. The van der Waals surface area contributed by atoms with Gasteiger partial charge in [0.1, 0.15) is 37.7 Å². The molecule has 2 N–H and O–H groups in total. The minimum Gasteiger partial charge on any atom is -0.338 e. The molecule has 4 rings (SSSR count). The third-order valence-corrected chi connectivity index (χ3v) is 7.83. The van der Waals surface area contributed by atoms with Gasteiger partial charge >= 0.3 is 0 Å². The first kappa shape index (κ1) is 19.8. The number of carbonyl (C=O) groups is 1. The second kappa shape index (κ2) is 8.89. The number of piperazine rings is 1. The highest BCUT2D eigenvalue weighted by atomic mass is 32.1. The zero-order valence-corrected chi connectivity index (χ0v) is 18.1. The van der Waals surface area contributed by atoms with E-state index >= 15 is 0 Å². The molecule has 152 valence electrons. The maximum absolute atomic E-state index is 13.0. The van der Waals surface area contributed by atoms with Gasteiger partial charge in [-0.25, -0.2) is 4.98 Å². The van der Waals surface area contributed by atoms with Gasteiger partial charge in [-0.15, -0.1) is 11.3 Å². The van der Waals surface area contributed by atoms with Crippen molar-refractivity contribution in [1.82, 2.24) is 9.88 Å². The van der Waals surface area contributed by atoms with Crippen LogP contribution in [-0.4, -0.2) is 61.1 Å². The summed E-state index contributed by atoms with van der Waals surface area (Å²) >= 11 is 1.82. The quantitative estimate of drug-likeness (QED) is 0.775. The molecule has 1 aliphatic heterocycles. The van der Waals surface area contributed by atoms with E-state index in [1.165, 1.54) is 46.7 Å². The molecule has 28 heavy (non-hydrogen) atoms. The fourth-order valence-electron chi connectivity index (χ4n) is 4.87. The van der Waals surface area contributed by atoms with Gasteiger partial charge < -0.3 is 14.7 Å². The second-order valence-corrected chi connectivity index (χ2v) is 9.74. The molecule has 0 radical (unpaired) electrons. The third-order valence-electron chi connectivity index (χ3n) is 6.79. The molecule has 2 fully saturated rings. The number of rotatable bonds is 5. The lowest BCUT2D eigenvalue weighted by atomic mass is 9.94. The van der Waals surface area contributed by atoms with Crippen LogP contribution >= 0.6 is 11.3 Å². The van der Waals surface area contributed by atoms with Crippen LogP contribution in [0.1, 0.15) is 44.0 Å². The standard InChI is InChI=1S/C22H32N4OS/c1-17(22(27)24(2)18-8-4-3-5-9-18)26-14-12-25(13-15-26)16-21-23-19-10-6-7-11-20(19)28-21/h6-7,10-11,17-18H,3-5,8-9,12-16H2,1-2H3/p+2/t17-/m1/s1. The van der Waals surface area contributed by atoms with Gasteiger partial charge in [0.25, 0.3) is 5.91 Å². The fourth-order valence-corrected chi connectivity index (χ4v) is 5.91. The largest absolute Gasteiger partial charge is 0.338 e. The van der Waals surface area contributed by atoms with E-state index in [1.807, 2.05) is 18.4 Å². The number of aromatic nitrogens is 1. The van der Waals surface area contributed by atoms with Gasteiger partial charge in [0, 0.05) is 13.1 Å². The zero-order valence-electron chi connectivity index (χ0n) is 17.2. The molecule has 5 nitrogen and oxygen atoms in total. The summed E-state index contributed by atoms with van der Waals surface area (Å²) in [6.45, 7) is 7.54. The van der Waals surface area contributed by atoms with Crippen LogP contribution in [0.5, 0.6) is 0 Å². The Balaban J connectivity index is 1.28. The summed E-state index contributed by atoms with van der Waals surface area (Å²) < 4.78 is 1.28. The van der Waals surface area contributed by atoms with Crippen molar-refractivity contribution >= 4 is 27.5 Å². The molecular formula is C22H34N4OS+2. The lowest BCUT2D eigenvalue weighted by molar-refractivity contribution is -1.02. The predicted molar refractivity (Wildman–Crippen MR) is 114 cm³/mol. The highest BCUT2D eigenvalue weighted by molar-refractivity contribution is 7.18. The van der Waals surface area contributed by atoms with Crippen LogP contribution in [0, 0.1) is 0 Å². The molecule has 0 unspecified atom stereocenters. The minimum atomic E-state index is 0.0796. The van der Waals surface area contributed by atoms with Gasteiger partial charge in [-0.3, -0.25) is 4.79 Å². The van der Waals surface area contributed by atoms with Crippen molar-refractivity contribution in [3.63, 3.8) is 0 Å². The summed E-state index contributed by atoms with van der Waals surface area (Å²) in [5.41, 5.74) is 1.12. The summed E-state index contributed by atoms with van der Waals surface area (Å²) in [5.74, 6) is 0.344. The molecule has 0 spiro atoms. The number of nitrogens with zero attached hydrogens (tertiary/aromatic N) is 2. The van der Waals surface area contributed by atoms with E-state index in [2.05, 4.69) is 36.1 Å². The van der Waals surface area contributed by atoms with Crippen LogP contribution in [0.25, 0.3) is 10.2 Å². The van der Waals surface area contributed by atoms with Crippen molar-refractivity contribution in [3.05, 3.63) is 29.3 Å². The van der Waals surface area contributed by atoms with Crippen LogP contribution in [-0.2, 0) is 11.3 Å². The first-order valence-electron chi connectivity index (χ1n) is 10.9. The van der Waals surface area contributed by atoms with E-state index in [9.17, 15) is 4.79 Å². The lowest BCUT2D eigenvalue weighted by Crippen LogP contribution is -3.29. The molecule has 1 saturated carbocycles. The Labute approximate surface area is 172 Å². The Bertz CT molecular complexity index is 760. The SMILES string of the molecule is C[C@H](C(=O)N(C)C1CCCCC1)[NH+]1CC[NH+](Cc2nc3ccccc3s2)CC1. The van der Waals surface area contributed by atoms with Crippen LogP contribution in [0.3, 0.4) is 0 Å². The van der Waals surface area contributed by atoms with Gasteiger partial charge in [0.15, 0.2) is 6.04 Å². The van der Waals surface area contributed by atoms with Crippen molar-refractivity contribution in [1.29, 1.82) is 0 Å². The van der Waals surface area contributed by atoms with E-state index < -0.39 is 0 Å². The zero-order chi connectivity index (χ0) is 19.5. The van der Waals surface area contributed by atoms with Crippen molar-refractivity contribution in [2.24, 2.45) is 0 Å². The first-order chi connectivity index (χ1) is 13.6. The number of hydrogen-bond acceptors (Lipinski definition) is 3. The van der Waals surface area contributed by atoms with E-state index in [0.717, 1.165) is 38.2 Å². The monoisotopic (exact) mass is 402 g/mol. The summed E-state index contributed by atoms with van der Waals surface area (Å²) in [7, 11) is 2.03. The summed E-state index contributed by atoms with van der Waals surface area (Å²) in [6, 6.07) is 8.95. The van der Waals surface area contributed by atoms with E-state index in [4.69, 9.17) is 4.98 Å². The third kappa shape index (κ3) is 4.39. The van der Waals surface area contributed by atoms with Gasteiger partial charge in [-0.05, 0) is 31.9 Å². The summed E-state index contributed by atoms with van der Waals surface area (Å²) in [5, 5.41) is 1.24. The van der Waals surface area contributed by atoms with Crippen molar-refractivity contribution in [3.8, 4) is 0 Å². The molecule has 1 amide bonds. The Morgan fingerprint density at radius 1 is 1.18 bits per heavy atom. The van der Waals surface area contributed by atoms with Crippen molar-refractivity contribution in [2.75, 3.05) is 33.2 Å². The number of hydrogen-bond donors (Lipinski definition) is 2. The van der Waals surface area contributed by atoms with E-state index in [0.29, 0.717) is 11.9 Å². The van der Waals surface area contributed by atoms with Crippen LogP contribution in [0.15, 0.2) is 24.3 Å². The highest BCUT2D eigenvalue weighted by Crippen LogP contribution is 2.22. The fraction of sp³-hybridized carbons (Fsp3) is 0.636. The number of para-hydroxylation sites is 1. The molecule has 1 saturated heterocycles. The lowest BCUT2D eigenvalue weighted by Gasteiger charge is -2.36. The molecule has 2 heterocycles. The van der Waals surface area contributed by atoms with Gasteiger partial charge in [0.05, 0.1) is 10.2 Å². The Morgan fingerprint density at radius 2 is 1.89 bits per heavy atom. The molecule has 0 bridgehead atoms. The number of amides is 1. The number of fused-ring (bicyclic) bond motifs is 1. The maximum Gasteiger partial charge on any atom is 0.280 e. The van der Waals surface area contributed by atoms with Crippen molar-refractivity contribution < 1.29 is 14.6 Å². The number of quaternary nitrogens is 2. The first-order valence-corrected chi connectivity index (χ1v) is 11.7. The summed E-state index contributed by atoms with van der Waals surface area (Å²) in [6.07, 6.45) is 6.25. The number of nitrogens with one attached hydrogen (secondary N) is 2. The average Bonchev–Trinajstić information content (AvgIpc) is 3.15. The number of thiazole rings is 1. The molecule has 6 heteroatoms. The van der Waals surface area contributed by atoms with Crippen LogP contribution in [0.2, 0.25) is 0 Å². The molecule has 2 aliphatic rings. The molecule has 1 aliphatic carbocycles. The van der Waals surface area contributed by atoms with E-state index in [1.54, 1.807) is 4.90 Å². The number of benzene rings is 1. The Morgan fingerprint density at radius 3 is 2.61 bits per heavy atom.